The maximum atomic E-state index is 14.0. The van der Waals surface area contributed by atoms with Gasteiger partial charge in [-0.2, -0.15) is 0 Å². The second-order valence-corrected chi connectivity index (χ2v) is 9.14. The zero-order valence-electron chi connectivity index (χ0n) is 19.9. The fourth-order valence-electron chi connectivity index (χ4n) is 3.46. The molecule has 1 amide bonds. The van der Waals surface area contributed by atoms with E-state index in [-0.39, 0.29) is 6.07 Å². The summed E-state index contributed by atoms with van der Waals surface area (Å²) in [6, 6.07) is 14.6. The Morgan fingerprint density at radius 1 is 0.892 bits per heavy atom. The minimum atomic E-state index is -1.69. The number of methoxy groups -OCH3 is 2. The Morgan fingerprint density at radius 2 is 1.41 bits per heavy atom. The Hall–Kier alpha value is -3.99. The maximum absolute atomic E-state index is 14.0. The Kier molecular flexibility index (Phi) is 7.72. The zero-order chi connectivity index (χ0) is 26.7. The first-order valence-electron chi connectivity index (χ1n) is 10.9. The first-order valence-corrected chi connectivity index (χ1v) is 11.8. The van der Waals surface area contributed by atoms with E-state index in [9.17, 15) is 22.4 Å². The molecular weight excluding hydrogens is 510 g/mol. The highest BCUT2D eigenvalue weighted by atomic mass is 32.2. The lowest BCUT2D eigenvalue weighted by Crippen LogP contribution is -2.24. The van der Waals surface area contributed by atoms with Gasteiger partial charge in [-0.1, -0.05) is 11.8 Å². The lowest BCUT2D eigenvalue weighted by Gasteiger charge is -2.12. The Morgan fingerprint density at radius 3 is 1.92 bits per heavy atom. The van der Waals surface area contributed by atoms with E-state index >= 15 is 0 Å². The molecule has 0 bridgehead atoms. The van der Waals surface area contributed by atoms with E-state index in [2.05, 4.69) is 9.97 Å². The predicted octanol–water partition coefficient (Wildman–Crippen LogP) is 6.44. The predicted molar refractivity (Wildman–Crippen MR) is 133 cm³/mol. The van der Waals surface area contributed by atoms with Gasteiger partial charge < -0.3 is 19.8 Å². The summed E-state index contributed by atoms with van der Waals surface area (Å²) in [6.45, 7) is 1.47. The van der Waals surface area contributed by atoms with Crippen LogP contribution in [-0.4, -0.2) is 35.3 Å². The normalized spacial score (nSPS) is 11.8. The molecule has 1 aromatic heterocycles. The van der Waals surface area contributed by atoms with Crippen LogP contribution in [0.15, 0.2) is 59.8 Å². The summed E-state index contributed by atoms with van der Waals surface area (Å²) in [6.07, 6.45) is 0. The van der Waals surface area contributed by atoms with E-state index in [1.54, 1.807) is 38.5 Å². The molecule has 0 radical (unpaired) electrons. The average Bonchev–Trinajstić information content (AvgIpc) is 3.33. The third-order valence-corrected chi connectivity index (χ3v) is 6.43. The van der Waals surface area contributed by atoms with Crippen molar-refractivity contribution in [1.29, 1.82) is 0 Å². The number of carbonyl (C=O) groups excluding carboxylic acids is 1. The molecule has 1 heterocycles. The number of nitrogens with zero attached hydrogens (tertiary/aromatic N) is 1. The van der Waals surface area contributed by atoms with Crippen molar-refractivity contribution >= 4 is 23.4 Å². The van der Waals surface area contributed by atoms with Gasteiger partial charge in [-0.15, -0.1) is 0 Å². The van der Waals surface area contributed by atoms with E-state index in [4.69, 9.17) is 9.47 Å². The fourth-order valence-corrected chi connectivity index (χ4v) is 4.27. The second-order valence-electron chi connectivity index (χ2n) is 7.82. The van der Waals surface area contributed by atoms with Crippen molar-refractivity contribution in [1.82, 2.24) is 9.97 Å². The second kappa shape index (κ2) is 11.0. The number of nitrogens with one attached hydrogen (secondary N) is 2. The van der Waals surface area contributed by atoms with Crippen LogP contribution in [-0.2, 0) is 4.79 Å². The molecule has 0 saturated heterocycles. The number of carbonyl (C=O) groups is 1. The first kappa shape index (κ1) is 26.1. The molecule has 11 heteroatoms. The molecule has 0 aliphatic carbocycles. The molecule has 37 heavy (non-hydrogen) atoms. The van der Waals surface area contributed by atoms with Gasteiger partial charge in [0.2, 0.25) is 5.91 Å². The highest BCUT2D eigenvalue weighted by Crippen LogP contribution is 2.35. The minimum absolute atomic E-state index is 0.0722. The van der Waals surface area contributed by atoms with Gasteiger partial charge in [0.1, 0.15) is 17.2 Å². The van der Waals surface area contributed by atoms with Crippen LogP contribution < -0.4 is 14.8 Å². The van der Waals surface area contributed by atoms with Crippen molar-refractivity contribution in [3.05, 3.63) is 77.9 Å². The number of halogens is 4. The van der Waals surface area contributed by atoms with E-state index in [1.807, 2.05) is 29.6 Å². The van der Waals surface area contributed by atoms with E-state index < -0.39 is 40.1 Å². The molecule has 0 saturated carbocycles. The van der Waals surface area contributed by atoms with Crippen LogP contribution >= 0.6 is 11.8 Å². The number of rotatable bonds is 8. The standard InChI is InChI=1S/C26H21F4N3O3S/c1-13(25(34)31-24-20(29)18(27)12-19(28)21(24)30)37-26-32-22(14-4-8-16(35-2)9-5-14)23(33-26)15-6-10-17(36-3)11-7-15/h4-13H,1-3H3,(H,31,34)(H,32,33). The maximum Gasteiger partial charge on any atom is 0.237 e. The summed E-state index contributed by atoms with van der Waals surface area (Å²) in [4.78, 5) is 20.5. The number of anilines is 1. The molecule has 192 valence electrons. The van der Waals surface area contributed by atoms with Crippen LogP contribution in [0.5, 0.6) is 11.5 Å². The zero-order valence-corrected chi connectivity index (χ0v) is 20.7. The number of amides is 1. The molecular formula is C26H21F4N3O3S. The van der Waals surface area contributed by atoms with E-state index in [1.165, 1.54) is 6.92 Å². The molecule has 0 fully saturated rings. The Labute approximate surface area is 214 Å². The summed E-state index contributed by atoms with van der Waals surface area (Å²) in [5.41, 5.74) is 1.63. The molecule has 1 unspecified atom stereocenters. The number of ether oxygens (including phenoxy) is 2. The highest BCUT2D eigenvalue weighted by Gasteiger charge is 2.25. The lowest BCUT2D eigenvalue weighted by molar-refractivity contribution is -0.115. The summed E-state index contributed by atoms with van der Waals surface area (Å²) in [5, 5.41) is 1.33. The molecule has 0 aliphatic rings. The third kappa shape index (κ3) is 5.56. The lowest BCUT2D eigenvalue weighted by atomic mass is 10.0. The van der Waals surface area contributed by atoms with E-state index in [0.29, 0.717) is 28.0 Å². The summed E-state index contributed by atoms with van der Waals surface area (Å²) in [5.74, 6) is -6.15. The quantitative estimate of drug-likeness (QED) is 0.156. The summed E-state index contributed by atoms with van der Waals surface area (Å²) in [7, 11) is 3.12. The van der Waals surface area contributed by atoms with Crippen molar-refractivity contribution in [2.24, 2.45) is 0 Å². The fraction of sp³-hybridized carbons (Fsp3) is 0.154. The number of hydrogen-bond donors (Lipinski definition) is 2. The van der Waals surface area contributed by atoms with Gasteiger partial charge in [-0.05, 0) is 55.5 Å². The molecule has 0 spiro atoms. The Balaban J connectivity index is 1.63. The van der Waals surface area contributed by atoms with Gasteiger partial charge in [-0.25, -0.2) is 22.5 Å². The molecule has 2 N–H and O–H groups in total. The smallest absolute Gasteiger partial charge is 0.237 e. The molecule has 4 rings (SSSR count). The van der Waals surface area contributed by atoms with Gasteiger partial charge in [0.05, 0.1) is 30.9 Å². The van der Waals surface area contributed by atoms with Gasteiger partial charge >= 0.3 is 0 Å². The largest absolute Gasteiger partial charge is 0.497 e. The number of imidazole rings is 1. The first-order chi connectivity index (χ1) is 17.7. The number of thioether (sulfide) groups is 1. The van der Waals surface area contributed by atoms with Crippen LogP contribution in [0, 0.1) is 23.3 Å². The van der Waals surface area contributed by atoms with Gasteiger partial charge in [0.15, 0.2) is 28.4 Å². The SMILES string of the molecule is COc1ccc(-c2nc(SC(C)C(=O)Nc3c(F)c(F)cc(F)c3F)[nH]c2-c2ccc(OC)cc2)cc1. The average molecular weight is 532 g/mol. The molecule has 1 atom stereocenters. The van der Waals surface area contributed by atoms with Crippen LogP contribution in [0.1, 0.15) is 6.92 Å². The van der Waals surface area contributed by atoms with Crippen molar-refractivity contribution in [2.75, 3.05) is 19.5 Å². The van der Waals surface area contributed by atoms with Crippen molar-refractivity contribution in [2.45, 2.75) is 17.3 Å². The number of benzene rings is 3. The number of H-pyrrole nitrogens is 1. The summed E-state index contributed by atoms with van der Waals surface area (Å²) < 4.78 is 65.5. The molecule has 3 aromatic carbocycles. The molecule has 4 aromatic rings. The topological polar surface area (TPSA) is 76.2 Å². The molecule has 0 aliphatic heterocycles. The molecule has 6 nitrogen and oxygen atoms in total. The van der Waals surface area contributed by atoms with Crippen molar-refractivity contribution in [3.8, 4) is 34.0 Å². The highest BCUT2D eigenvalue weighted by molar-refractivity contribution is 8.00. The van der Waals surface area contributed by atoms with Gasteiger partial charge in [0.25, 0.3) is 0 Å². The number of aromatic amines is 1. The third-order valence-electron chi connectivity index (χ3n) is 5.44. The van der Waals surface area contributed by atoms with Gasteiger partial charge in [0, 0.05) is 17.2 Å². The van der Waals surface area contributed by atoms with Crippen LogP contribution in [0.4, 0.5) is 23.2 Å². The number of hydrogen-bond acceptors (Lipinski definition) is 5. The van der Waals surface area contributed by atoms with Crippen LogP contribution in [0.2, 0.25) is 0 Å². The van der Waals surface area contributed by atoms with Crippen molar-refractivity contribution < 1.29 is 31.8 Å². The minimum Gasteiger partial charge on any atom is -0.497 e. The van der Waals surface area contributed by atoms with Crippen LogP contribution in [0.3, 0.4) is 0 Å². The Bertz CT molecular complexity index is 1340. The summed E-state index contributed by atoms with van der Waals surface area (Å²) >= 11 is 0.970. The van der Waals surface area contributed by atoms with Crippen molar-refractivity contribution in [3.63, 3.8) is 0 Å². The number of aromatic nitrogens is 2. The monoisotopic (exact) mass is 531 g/mol. The van der Waals surface area contributed by atoms with E-state index in [0.717, 1.165) is 22.9 Å². The van der Waals surface area contributed by atoms with Crippen LogP contribution in [0.25, 0.3) is 22.5 Å². The van der Waals surface area contributed by atoms with Gasteiger partial charge in [-0.3, -0.25) is 4.79 Å².